The highest BCUT2D eigenvalue weighted by Gasteiger charge is 2.22. The van der Waals surface area contributed by atoms with Crippen LogP contribution in [0, 0.1) is 0 Å². The van der Waals surface area contributed by atoms with Gasteiger partial charge in [-0.25, -0.2) is 0 Å². The average Bonchev–Trinajstić information content (AvgIpc) is 2.70. The number of halogens is 3. The Kier molecular flexibility index (Phi) is 2.25. The summed E-state index contributed by atoms with van der Waals surface area (Å²) >= 11 is 0. The van der Waals surface area contributed by atoms with Gasteiger partial charge in [0, 0.05) is 11.6 Å². The van der Waals surface area contributed by atoms with Gasteiger partial charge in [-0.2, -0.15) is 13.2 Å². The molecule has 0 heterocycles. The Morgan fingerprint density at radius 2 is 2.17 bits per heavy atom. The number of rotatable bonds is 2. The van der Waals surface area contributed by atoms with Gasteiger partial charge in [-0.1, -0.05) is 12.7 Å². The first-order valence-corrected chi connectivity index (χ1v) is 3.38. The Labute approximate surface area is 68.4 Å². The molecule has 0 saturated heterocycles. The molecule has 0 unspecified atom stereocenters. The SMILES string of the molecule is C=C=C(C=CC(F)(F)F)C1=CC1. The van der Waals surface area contributed by atoms with Crippen LogP contribution in [0.2, 0.25) is 0 Å². The van der Waals surface area contributed by atoms with E-state index in [9.17, 15) is 13.2 Å². The molecule has 0 spiro atoms. The molecule has 1 aliphatic rings. The second-order valence-corrected chi connectivity index (χ2v) is 2.40. The maximum absolute atomic E-state index is 11.7. The summed E-state index contributed by atoms with van der Waals surface area (Å²) in [7, 11) is 0. The fraction of sp³-hybridized carbons (Fsp3) is 0.222. The van der Waals surface area contributed by atoms with Gasteiger partial charge in [0.05, 0.1) is 0 Å². The number of hydrogen-bond donors (Lipinski definition) is 0. The molecule has 0 amide bonds. The Bertz CT molecular complexity index is 285. The molecule has 12 heavy (non-hydrogen) atoms. The standard InChI is InChI=1S/C9H7F3/c1-2-7(8-3-4-8)5-6-9(10,11)12/h3,5-6H,1,4H2. The summed E-state index contributed by atoms with van der Waals surface area (Å²) in [5.74, 6) is 0. The first kappa shape index (κ1) is 8.88. The molecule has 0 aromatic carbocycles. The molecular weight excluding hydrogens is 165 g/mol. The van der Waals surface area contributed by atoms with Crippen molar-refractivity contribution >= 4 is 0 Å². The van der Waals surface area contributed by atoms with Gasteiger partial charge in [-0.15, -0.1) is 5.73 Å². The maximum atomic E-state index is 11.7. The summed E-state index contributed by atoms with van der Waals surface area (Å²) in [6.07, 6.45) is -0.489. The van der Waals surface area contributed by atoms with Gasteiger partial charge < -0.3 is 0 Å². The Balaban J connectivity index is 2.66. The molecule has 0 saturated carbocycles. The van der Waals surface area contributed by atoms with E-state index in [2.05, 4.69) is 12.3 Å². The predicted octanol–water partition coefficient (Wildman–Crippen LogP) is 3.15. The van der Waals surface area contributed by atoms with Crippen LogP contribution in [0.3, 0.4) is 0 Å². The Morgan fingerprint density at radius 1 is 1.58 bits per heavy atom. The molecule has 0 N–H and O–H groups in total. The van der Waals surface area contributed by atoms with Gasteiger partial charge in [0.15, 0.2) is 0 Å². The molecule has 1 rings (SSSR count). The van der Waals surface area contributed by atoms with Gasteiger partial charge in [0.2, 0.25) is 0 Å². The lowest BCUT2D eigenvalue weighted by Gasteiger charge is -1.96. The highest BCUT2D eigenvalue weighted by Crippen LogP contribution is 2.28. The zero-order valence-electron chi connectivity index (χ0n) is 6.28. The highest BCUT2D eigenvalue weighted by atomic mass is 19.4. The number of allylic oxidation sites excluding steroid dienone is 5. The second-order valence-electron chi connectivity index (χ2n) is 2.40. The molecule has 0 nitrogen and oxygen atoms in total. The third kappa shape index (κ3) is 2.81. The Morgan fingerprint density at radius 3 is 2.50 bits per heavy atom. The van der Waals surface area contributed by atoms with Crippen molar-refractivity contribution in [1.29, 1.82) is 0 Å². The molecule has 1 aliphatic carbocycles. The van der Waals surface area contributed by atoms with E-state index in [0.717, 1.165) is 18.1 Å². The van der Waals surface area contributed by atoms with E-state index in [4.69, 9.17) is 0 Å². The summed E-state index contributed by atoms with van der Waals surface area (Å²) < 4.78 is 35.0. The monoisotopic (exact) mass is 172 g/mol. The van der Waals surface area contributed by atoms with Crippen molar-refractivity contribution in [2.24, 2.45) is 0 Å². The number of hydrogen-bond acceptors (Lipinski definition) is 0. The van der Waals surface area contributed by atoms with Crippen molar-refractivity contribution in [3.05, 3.63) is 41.7 Å². The van der Waals surface area contributed by atoms with Crippen molar-refractivity contribution in [2.75, 3.05) is 0 Å². The van der Waals surface area contributed by atoms with Crippen molar-refractivity contribution < 1.29 is 13.2 Å². The largest absolute Gasteiger partial charge is 0.409 e. The fourth-order valence-corrected chi connectivity index (χ4v) is 0.728. The van der Waals surface area contributed by atoms with Crippen LogP contribution in [0.25, 0.3) is 0 Å². The molecule has 0 aromatic rings. The summed E-state index contributed by atoms with van der Waals surface area (Å²) in [6, 6.07) is 0. The first-order valence-electron chi connectivity index (χ1n) is 3.38. The molecule has 64 valence electrons. The van der Waals surface area contributed by atoms with Crippen molar-refractivity contribution in [1.82, 2.24) is 0 Å². The Hall–Kier alpha value is -1.21. The average molecular weight is 172 g/mol. The molecule has 0 radical (unpaired) electrons. The minimum atomic E-state index is -4.25. The van der Waals surface area contributed by atoms with Crippen molar-refractivity contribution in [3.8, 4) is 0 Å². The number of alkyl halides is 3. The van der Waals surface area contributed by atoms with Crippen LogP contribution in [-0.4, -0.2) is 6.18 Å². The smallest absolute Gasteiger partial charge is 0.167 e. The van der Waals surface area contributed by atoms with Gasteiger partial charge in [-0.05, 0) is 18.1 Å². The normalized spacial score (nSPS) is 15.8. The third-order valence-corrected chi connectivity index (χ3v) is 1.38. The van der Waals surface area contributed by atoms with Crippen LogP contribution < -0.4 is 0 Å². The quantitative estimate of drug-likeness (QED) is 0.443. The van der Waals surface area contributed by atoms with E-state index < -0.39 is 6.18 Å². The zero-order valence-corrected chi connectivity index (χ0v) is 6.28. The lowest BCUT2D eigenvalue weighted by atomic mass is 10.2. The van der Waals surface area contributed by atoms with Crippen LogP contribution in [0.1, 0.15) is 6.42 Å². The second kappa shape index (κ2) is 3.03. The van der Waals surface area contributed by atoms with Crippen LogP contribution >= 0.6 is 0 Å². The fourth-order valence-electron chi connectivity index (χ4n) is 0.728. The van der Waals surface area contributed by atoms with Crippen LogP contribution in [0.5, 0.6) is 0 Å². The molecule has 0 aromatic heterocycles. The summed E-state index contributed by atoms with van der Waals surface area (Å²) in [6.45, 7) is 3.30. The zero-order chi connectivity index (χ0) is 9.19. The van der Waals surface area contributed by atoms with Crippen molar-refractivity contribution in [2.45, 2.75) is 12.6 Å². The van der Waals surface area contributed by atoms with E-state index >= 15 is 0 Å². The maximum Gasteiger partial charge on any atom is 0.409 e. The van der Waals surface area contributed by atoms with E-state index in [1.807, 2.05) is 6.08 Å². The minimum Gasteiger partial charge on any atom is -0.167 e. The van der Waals surface area contributed by atoms with Gasteiger partial charge >= 0.3 is 6.18 Å². The van der Waals surface area contributed by atoms with E-state index in [1.165, 1.54) is 0 Å². The minimum absolute atomic E-state index is 0.194. The lowest BCUT2D eigenvalue weighted by Crippen LogP contribution is -2.00. The topological polar surface area (TPSA) is 0 Å². The summed E-state index contributed by atoms with van der Waals surface area (Å²) in [5.41, 5.74) is 3.77. The van der Waals surface area contributed by atoms with Gasteiger partial charge in [0.1, 0.15) is 0 Å². The first-order chi connectivity index (χ1) is 5.53. The highest BCUT2D eigenvalue weighted by molar-refractivity contribution is 5.48. The van der Waals surface area contributed by atoms with Crippen LogP contribution in [-0.2, 0) is 0 Å². The van der Waals surface area contributed by atoms with E-state index in [0.29, 0.717) is 5.57 Å². The molecule has 0 atom stereocenters. The van der Waals surface area contributed by atoms with E-state index in [1.54, 1.807) is 0 Å². The predicted molar refractivity (Wildman–Crippen MR) is 40.5 cm³/mol. The van der Waals surface area contributed by atoms with Gasteiger partial charge in [0.25, 0.3) is 0 Å². The lowest BCUT2D eigenvalue weighted by molar-refractivity contribution is -0.0798. The van der Waals surface area contributed by atoms with E-state index in [-0.39, 0.29) is 6.08 Å². The van der Waals surface area contributed by atoms with Crippen LogP contribution in [0.4, 0.5) is 13.2 Å². The van der Waals surface area contributed by atoms with Crippen molar-refractivity contribution in [3.63, 3.8) is 0 Å². The molecule has 3 heteroatoms. The molecule has 0 aliphatic heterocycles. The molecule has 0 bridgehead atoms. The van der Waals surface area contributed by atoms with Gasteiger partial charge in [-0.3, -0.25) is 0 Å². The third-order valence-electron chi connectivity index (χ3n) is 1.38. The van der Waals surface area contributed by atoms with Crippen LogP contribution in [0.15, 0.2) is 41.7 Å². The summed E-state index contributed by atoms with van der Waals surface area (Å²) in [4.78, 5) is 0. The molecular formula is C9H7F3. The molecule has 0 fully saturated rings. The summed E-state index contributed by atoms with van der Waals surface area (Å²) in [5, 5.41) is 0.